The molecule has 2 aromatic carbocycles. The van der Waals surface area contributed by atoms with Crippen LogP contribution in [0.1, 0.15) is 39.9 Å². The lowest BCUT2D eigenvalue weighted by atomic mass is 10.0. The van der Waals surface area contributed by atoms with Crippen molar-refractivity contribution in [3.63, 3.8) is 0 Å². The second-order valence-electron chi connectivity index (χ2n) is 6.28. The van der Waals surface area contributed by atoms with Gasteiger partial charge in [-0.1, -0.05) is 30.3 Å². The number of nitrogens with one attached hydrogen (secondary N) is 2. The number of carbonyl (C=O) groups is 3. The summed E-state index contributed by atoms with van der Waals surface area (Å²) in [4.78, 5) is 36.1. The van der Waals surface area contributed by atoms with Crippen LogP contribution in [0.3, 0.4) is 0 Å². The van der Waals surface area contributed by atoms with Crippen LogP contribution >= 0.6 is 0 Å². The van der Waals surface area contributed by atoms with E-state index in [1.165, 1.54) is 0 Å². The van der Waals surface area contributed by atoms with Crippen molar-refractivity contribution >= 4 is 23.3 Å². The molecule has 0 saturated carbocycles. The Morgan fingerprint density at radius 3 is 2.31 bits per heavy atom. The Morgan fingerprint density at radius 1 is 0.885 bits per heavy atom. The quantitative estimate of drug-likeness (QED) is 0.752. The van der Waals surface area contributed by atoms with Gasteiger partial charge in [-0.2, -0.15) is 0 Å². The van der Waals surface area contributed by atoms with Gasteiger partial charge < -0.3 is 10.6 Å². The summed E-state index contributed by atoms with van der Waals surface area (Å²) in [7, 11) is 1.57. The van der Waals surface area contributed by atoms with Crippen LogP contribution in [0.2, 0.25) is 0 Å². The van der Waals surface area contributed by atoms with E-state index in [9.17, 15) is 14.4 Å². The highest BCUT2D eigenvalue weighted by Crippen LogP contribution is 2.17. The summed E-state index contributed by atoms with van der Waals surface area (Å²) < 4.78 is 0. The van der Waals surface area contributed by atoms with Gasteiger partial charge in [0.2, 0.25) is 11.8 Å². The largest absolute Gasteiger partial charge is 0.359 e. The first-order chi connectivity index (χ1) is 12.4. The maximum Gasteiger partial charge on any atom is 0.224 e. The summed E-state index contributed by atoms with van der Waals surface area (Å²) in [5.74, 6) is -0.426. The summed E-state index contributed by atoms with van der Waals surface area (Å²) in [5, 5.41) is 5.36. The number of ketones is 1. The lowest BCUT2D eigenvalue weighted by molar-refractivity contribution is -0.120. The molecule has 0 atom stereocenters. The van der Waals surface area contributed by atoms with Crippen LogP contribution in [0.4, 0.5) is 5.69 Å². The molecule has 0 heterocycles. The van der Waals surface area contributed by atoms with E-state index in [1.807, 2.05) is 32.0 Å². The van der Waals surface area contributed by atoms with Crippen LogP contribution in [0.25, 0.3) is 0 Å². The van der Waals surface area contributed by atoms with E-state index in [0.717, 1.165) is 16.7 Å². The second-order valence-corrected chi connectivity index (χ2v) is 6.28. The van der Waals surface area contributed by atoms with Crippen molar-refractivity contribution < 1.29 is 14.4 Å². The van der Waals surface area contributed by atoms with Crippen LogP contribution in [-0.4, -0.2) is 24.6 Å². The molecule has 0 radical (unpaired) electrons. The number of amides is 2. The molecule has 2 aromatic rings. The molecule has 2 amide bonds. The van der Waals surface area contributed by atoms with E-state index in [2.05, 4.69) is 10.6 Å². The number of rotatable bonds is 7. The van der Waals surface area contributed by atoms with Crippen molar-refractivity contribution in [3.05, 3.63) is 64.7 Å². The van der Waals surface area contributed by atoms with Gasteiger partial charge in [0.15, 0.2) is 5.78 Å². The number of likely N-dealkylation sites (N-methyl/N-ethyl adjacent to an activating group) is 1. The highest BCUT2D eigenvalue weighted by Gasteiger charge is 2.12. The molecule has 2 N–H and O–H groups in total. The monoisotopic (exact) mass is 352 g/mol. The maximum absolute atomic E-state index is 12.3. The van der Waals surface area contributed by atoms with Crippen LogP contribution in [0.5, 0.6) is 0 Å². The number of benzene rings is 2. The summed E-state index contributed by atoms with van der Waals surface area (Å²) in [6.07, 6.45) is 0.431. The van der Waals surface area contributed by atoms with Gasteiger partial charge in [-0.05, 0) is 42.7 Å². The predicted octanol–water partition coefficient (Wildman–Crippen LogP) is 3.19. The van der Waals surface area contributed by atoms with Crippen LogP contribution < -0.4 is 10.6 Å². The lowest BCUT2D eigenvalue weighted by Gasteiger charge is -2.10. The van der Waals surface area contributed by atoms with Crippen molar-refractivity contribution in [2.45, 2.75) is 33.1 Å². The van der Waals surface area contributed by atoms with Gasteiger partial charge >= 0.3 is 0 Å². The summed E-state index contributed by atoms with van der Waals surface area (Å²) in [5.41, 5.74) is 4.15. The Labute approximate surface area is 153 Å². The Hall–Kier alpha value is -2.95. The highest BCUT2D eigenvalue weighted by atomic mass is 16.2. The minimum Gasteiger partial charge on any atom is -0.359 e. The van der Waals surface area contributed by atoms with Crippen molar-refractivity contribution in [2.24, 2.45) is 0 Å². The number of hydrogen-bond donors (Lipinski definition) is 2. The van der Waals surface area contributed by atoms with Gasteiger partial charge in [0.1, 0.15) is 0 Å². The van der Waals surface area contributed by atoms with Crippen LogP contribution in [-0.2, 0) is 16.0 Å². The van der Waals surface area contributed by atoms with Crippen molar-refractivity contribution in [2.75, 3.05) is 12.4 Å². The molecule has 0 unspecified atom stereocenters. The topological polar surface area (TPSA) is 75.3 Å². The molecule has 0 aliphatic carbocycles. The van der Waals surface area contributed by atoms with Gasteiger partial charge in [0.05, 0.1) is 6.42 Å². The zero-order valence-corrected chi connectivity index (χ0v) is 15.4. The molecule has 0 saturated heterocycles. The van der Waals surface area contributed by atoms with Crippen LogP contribution in [0, 0.1) is 13.8 Å². The number of hydrogen-bond acceptors (Lipinski definition) is 3. The fourth-order valence-electron chi connectivity index (χ4n) is 2.56. The fourth-order valence-corrected chi connectivity index (χ4v) is 2.56. The Morgan fingerprint density at radius 2 is 1.62 bits per heavy atom. The zero-order valence-electron chi connectivity index (χ0n) is 15.4. The molecule has 0 aliphatic heterocycles. The molecule has 0 aromatic heterocycles. The minimum absolute atomic E-state index is 0.0538. The molecule has 5 heteroatoms. The van der Waals surface area contributed by atoms with Gasteiger partial charge in [-0.3, -0.25) is 14.4 Å². The summed E-state index contributed by atoms with van der Waals surface area (Å²) in [6, 6.07) is 12.7. The maximum atomic E-state index is 12.3. The summed E-state index contributed by atoms with van der Waals surface area (Å²) in [6.45, 7) is 3.95. The lowest BCUT2D eigenvalue weighted by Crippen LogP contribution is -2.21. The molecular formula is C21H24N2O3. The second kappa shape index (κ2) is 8.94. The molecule has 26 heavy (non-hydrogen) atoms. The molecule has 0 aliphatic rings. The average molecular weight is 352 g/mol. The standard InChI is InChI=1S/C21H24N2O3/c1-14-8-9-17(12-15(14)2)19(24)10-11-20(25)23-18-7-5-4-6-16(18)13-21(26)22-3/h4-9,12H,10-11,13H2,1-3H3,(H,22,26)(H,23,25). The minimum atomic E-state index is -0.244. The Bertz CT molecular complexity index is 828. The molecule has 0 fully saturated rings. The van der Waals surface area contributed by atoms with E-state index in [4.69, 9.17) is 0 Å². The SMILES string of the molecule is CNC(=O)Cc1ccccc1NC(=O)CCC(=O)c1ccc(C)c(C)c1. The van der Waals surface area contributed by atoms with E-state index in [1.54, 1.807) is 31.3 Å². The number of anilines is 1. The Balaban J connectivity index is 1.95. The fraction of sp³-hybridized carbons (Fsp3) is 0.286. The van der Waals surface area contributed by atoms with Crippen molar-refractivity contribution in [3.8, 4) is 0 Å². The first-order valence-electron chi connectivity index (χ1n) is 8.59. The first kappa shape index (κ1) is 19.4. The number of para-hydroxylation sites is 1. The number of Topliss-reactive ketones (excluding diaryl/α,β-unsaturated/α-hetero) is 1. The Kier molecular flexibility index (Phi) is 6.67. The first-order valence-corrected chi connectivity index (χ1v) is 8.59. The van der Waals surface area contributed by atoms with E-state index in [0.29, 0.717) is 11.3 Å². The zero-order chi connectivity index (χ0) is 19.1. The van der Waals surface area contributed by atoms with Gasteiger partial charge in [-0.15, -0.1) is 0 Å². The van der Waals surface area contributed by atoms with E-state index in [-0.39, 0.29) is 36.9 Å². The molecular weight excluding hydrogens is 328 g/mol. The average Bonchev–Trinajstić information content (AvgIpc) is 2.63. The molecule has 0 bridgehead atoms. The molecule has 136 valence electrons. The van der Waals surface area contributed by atoms with Gasteiger partial charge in [0.25, 0.3) is 0 Å². The predicted molar refractivity (Wildman–Crippen MR) is 102 cm³/mol. The van der Waals surface area contributed by atoms with Crippen LogP contribution in [0.15, 0.2) is 42.5 Å². The molecule has 2 rings (SSSR count). The van der Waals surface area contributed by atoms with E-state index >= 15 is 0 Å². The number of carbonyl (C=O) groups excluding carboxylic acids is 3. The third-order valence-electron chi connectivity index (χ3n) is 4.33. The number of aryl methyl sites for hydroxylation is 2. The normalized spacial score (nSPS) is 10.3. The molecule has 5 nitrogen and oxygen atoms in total. The van der Waals surface area contributed by atoms with Gasteiger partial charge in [0, 0.05) is 31.1 Å². The molecule has 0 spiro atoms. The smallest absolute Gasteiger partial charge is 0.224 e. The third kappa shape index (κ3) is 5.28. The third-order valence-corrected chi connectivity index (χ3v) is 4.33. The summed E-state index contributed by atoms with van der Waals surface area (Å²) >= 11 is 0. The highest BCUT2D eigenvalue weighted by molar-refractivity contribution is 6.00. The van der Waals surface area contributed by atoms with E-state index < -0.39 is 0 Å². The van der Waals surface area contributed by atoms with Crippen molar-refractivity contribution in [1.82, 2.24) is 5.32 Å². The van der Waals surface area contributed by atoms with Crippen molar-refractivity contribution in [1.29, 1.82) is 0 Å². The van der Waals surface area contributed by atoms with Gasteiger partial charge in [-0.25, -0.2) is 0 Å².